The second kappa shape index (κ2) is 18.1. The van der Waals surface area contributed by atoms with Crippen molar-refractivity contribution in [3.05, 3.63) is 80.7 Å². The fourth-order valence-corrected chi connectivity index (χ4v) is 5.90. The highest BCUT2D eigenvalue weighted by molar-refractivity contribution is 7.80. The molecule has 1 aliphatic carbocycles. The molecule has 53 heavy (non-hydrogen) atoms. The molecule has 1 heterocycles. The van der Waals surface area contributed by atoms with Gasteiger partial charge in [-0.15, -0.1) is 0 Å². The number of methoxy groups -OCH3 is 1. The molecule has 19 heteroatoms. The zero-order valence-corrected chi connectivity index (χ0v) is 31.1. The second-order valence-corrected chi connectivity index (χ2v) is 14.3. The van der Waals surface area contributed by atoms with Crippen LogP contribution in [0.2, 0.25) is 10.0 Å². The molecule has 14 nitrogen and oxygen atoms in total. The van der Waals surface area contributed by atoms with Crippen molar-refractivity contribution in [2.75, 3.05) is 31.2 Å². The maximum absolute atomic E-state index is 13.2. The van der Waals surface area contributed by atoms with E-state index in [9.17, 15) is 37.1 Å². The normalized spacial score (nSPS) is 13.8. The highest BCUT2D eigenvalue weighted by Crippen LogP contribution is 2.38. The summed E-state index contributed by atoms with van der Waals surface area (Å²) in [4.78, 5) is 38.7. The molecule has 0 N–H and O–H groups in total. The summed E-state index contributed by atoms with van der Waals surface area (Å²) in [6.07, 6.45) is 2.45. The maximum Gasteiger partial charge on any atom is 0.387 e. The van der Waals surface area contributed by atoms with E-state index in [1.54, 1.807) is 20.8 Å². The van der Waals surface area contributed by atoms with Crippen LogP contribution >= 0.6 is 23.2 Å². The zero-order chi connectivity index (χ0) is 39.0. The predicted molar refractivity (Wildman–Crippen MR) is 185 cm³/mol. The lowest BCUT2D eigenvalue weighted by Gasteiger charge is -2.29. The molecule has 1 unspecified atom stereocenters. The molecular formula is C34H35Cl2F2N2O12S-. The average molecular weight is 805 g/mol. The molecular weight excluding hydrogens is 769 g/mol. The van der Waals surface area contributed by atoms with Crippen LogP contribution < -0.4 is 23.2 Å². The standard InChI is InChI=1S/C34H36Cl2F2N2O12S/c1-34(2,3)52-30(41)16-40(53(45)46)25-11-21(8-9-26(25)47-4)32(43)49-18-31(42)50-28(13-22-23(35)14-39(44)15-24(22)36)20-7-10-27(51-33(37)38)29(12-20)48-17-19-5-6-19/h7-12,14-15,19,28,33H,5-6,13,16-18H2,1-4H3,(H,45,46)/p-1/t28-/m0/s1. The van der Waals surface area contributed by atoms with Gasteiger partial charge >= 0.3 is 24.5 Å². The Morgan fingerprint density at radius 2 is 1.68 bits per heavy atom. The van der Waals surface area contributed by atoms with Gasteiger partial charge in [0.15, 0.2) is 30.5 Å². The summed E-state index contributed by atoms with van der Waals surface area (Å²) in [6, 6.07) is 7.51. The third-order valence-corrected chi connectivity index (χ3v) is 8.66. The lowest BCUT2D eigenvalue weighted by Crippen LogP contribution is -2.36. The van der Waals surface area contributed by atoms with Gasteiger partial charge in [0, 0.05) is 23.3 Å². The minimum atomic E-state index is -3.15. The maximum atomic E-state index is 13.2. The van der Waals surface area contributed by atoms with Crippen molar-refractivity contribution in [1.29, 1.82) is 0 Å². The third-order valence-electron chi connectivity index (χ3n) is 7.33. The number of anilines is 1. The quantitative estimate of drug-likeness (QED) is 0.0540. The Morgan fingerprint density at radius 1 is 1.02 bits per heavy atom. The lowest BCUT2D eigenvalue weighted by molar-refractivity contribution is -0.605. The van der Waals surface area contributed by atoms with Gasteiger partial charge in [-0.05, 0) is 75.4 Å². The van der Waals surface area contributed by atoms with Crippen LogP contribution in [0, 0.1) is 11.1 Å². The van der Waals surface area contributed by atoms with Crippen LogP contribution in [0.4, 0.5) is 14.5 Å². The molecule has 0 aliphatic heterocycles. The number of alkyl halides is 2. The number of hydrogen-bond donors (Lipinski definition) is 0. The summed E-state index contributed by atoms with van der Waals surface area (Å²) in [5.41, 5.74) is -0.877. The Bertz CT molecular complexity index is 1820. The van der Waals surface area contributed by atoms with Gasteiger partial charge in [0.2, 0.25) is 0 Å². The van der Waals surface area contributed by atoms with E-state index in [0.717, 1.165) is 31.3 Å². The molecule has 288 valence electrons. The third kappa shape index (κ3) is 12.3. The molecule has 0 saturated heterocycles. The van der Waals surface area contributed by atoms with Crippen molar-refractivity contribution < 1.29 is 65.1 Å². The van der Waals surface area contributed by atoms with Crippen molar-refractivity contribution in [3.8, 4) is 17.2 Å². The van der Waals surface area contributed by atoms with Crippen LogP contribution in [0.5, 0.6) is 17.2 Å². The van der Waals surface area contributed by atoms with Crippen molar-refractivity contribution in [2.24, 2.45) is 5.92 Å². The number of carbonyl (C=O) groups is 3. The minimum Gasteiger partial charge on any atom is -0.755 e. The van der Waals surface area contributed by atoms with Crippen LogP contribution in [0.1, 0.15) is 61.2 Å². The monoisotopic (exact) mass is 803 g/mol. The van der Waals surface area contributed by atoms with E-state index >= 15 is 0 Å². The van der Waals surface area contributed by atoms with Gasteiger partial charge in [-0.1, -0.05) is 29.3 Å². The summed E-state index contributed by atoms with van der Waals surface area (Å²) < 4.78 is 83.2. The summed E-state index contributed by atoms with van der Waals surface area (Å²) in [7, 11) is 1.25. The minimum absolute atomic E-state index is 0.0113. The summed E-state index contributed by atoms with van der Waals surface area (Å²) in [5.74, 6) is -3.08. The number of nitrogens with zero attached hydrogens (tertiary/aromatic N) is 2. The molecule has 0 radical (unpaired) electrons. The molecule has 1 fully saturated rings. The Balaban J connectivity index is 1.56. The highest BCUT2D eigenvalue weighted by Gasteiger charge is 2.28. The van der Waals surface area contributed by atoms with Crippen LogP contribution in [0.15, 0.2) is 48.8 Å². The Kier molecular flexibility index (Phi) is 14.1. The Hall–Kier alpha value is -4.45. The van der Waals surface area contributed by atoms with Gasteiger partial charge in [-0.25, -0.2) is 9.59 Å². The molecule has 3 aromatic rings. The fraction of sp³-hybridized carbons (Fsp3) is 0.412. The van der Waals surface area contributed by atoms with Crippen molar-refractivity contribution in [3.63, 3.8) is 0 Å². The average Bonchev–Trinajstić information content (AvgIpc) is 3.90. The fourth-order valence-electron chi connectivity index (χ4n) is 4.78. The van der Waals surface area contributed by atoms with E-state index in [2.05, 4.69) is 4.74 Å². The SMILES string of the molecule is COc1ccc(C(=O)OCC(=O)O[C@@H](Cc2c(Cl)c[n+]([O-])cc2Cl)c2ccc(OC(F)F)c(OCC3CC3)c2)cc1N(CC(=O)OC(C)(C)C)S(=O)[O-]. The Labute approximate surface area is 315 Å². The number of hydrogen-bond acceptors (Lipinski definition) is 12. The number of esters is 3. The molecule has 1 aromatic heterocycles. The molecule has 0 bridgehead atoms. The van der Waals surface area contributed by atoms with Gasteiger partial charge in [-0.3, -0.25) is 13.3 Å². The van der Waals surface area contributed by atoms with E-state index in [1.165, 1.54) is 37.4 Å². The molecule has 1 saturated carbocycles. The molecule has 4 rings (SSSR count). The highest BCUT2D eigenvalue weighted by atomic mass is 35.5. The van der Waals surface area contributed by atoms with Gasteiger partial charge in [0.05, 0.1) is 25.0 Å². The number of halogens is 4. The van der Waals surface area contributed by atoms with Gasteiger partial charge in [0.25, 0.3) is 0 Å². The zero-order valence-electron chi connectivity index (χ0n) is 28.8. The van der Waals surface area contributed by atoms with E-state index in [1.807, 2.05) is 0 Å². The number of aromatic nitrogens is 1. The molecule has 1 aliphatic rings. The number of rotatable bonds is 17. The first-order valence-electron chi connectivity index (χ1n) is 15.9. The first kappa shape index (κ1) is 41.3. The summed E-state index contributed by atoms with van der Waals surface area (Å²) >= 11 is 9.56. The lowest BCUT2D eigenvalue weighted by atomic mass is 10.0. The Morgan fingerprint density at radius 3 is 2.26 bits per heavy atom. The van der Waals surface area contributed by atoms with Gasteiger partial charge in [-0.2, -0.15) is 13.5 Å². The van der Waals surface area contributed by atoms with Gasteiger partial charge in [0.1, 0.15) is 34.0 Å². The van der Waals surface area contributed by atoms with Crippen LogP contribution in [0.25, 0.3) is 0 Å². The number of carbonyl (C=O) groups excluding carboxylic acids is 3. The largest absolute Gasteiger partial charge is 0.755 e. The summed E-state index contributed by atoms with van der Waals surface area (Å²) in [6.45, 7) is 0.205. The topological polar surface area (TPSA) is 177 Å². The van der Waals surface area contributed by atoms with Crippen LogP contribution in [-0.2, 0) is 41.5 Å². The van der Waals surface area contributed by atoms with Crippen LogP contribution in [-0.4, -0.2) is 65.8 Å². The van der Waals surface area contributed by atoms with E-state index < -0.39 is 60.6 Å². The first-order chi connectivity index (χ1) is 24.9. The number of pyridine rings is 1. The van der Waals surface area contributed by atoms with Crippen LogP contribution in [0.3, 0.4) is 0 Å². The smallest absolute Gasteiger partial charge is 0.387 e. The van der Waals surface area contributed by atoms with E-state index in [-0.39, 0.29) is 68.6 Å². The first-order valence-corrected chi connectivity index (χ1v) is 17.6. The molecule has 0 spiro atoms. The molecule has 0 amide bonds. The van der Waals surface area contributed by atoms with E-state index in [4.69, 9.17) is 46.9 Å². The van der Waals surface area contributed by atoms with Crippen molar-refractivity contribution in [2.45, 2.75) is 58.4 Å². The van der Waals surface area contributed by atoms with Crippen molar-refractivity contribution >= 4 is 58.1 Å². The van der Waals surface area contributed by atoms with E-state index in [0.29, 0.717) is 9.04 Å². The second-order valence-electron chi connectivity index (χ2n) is 12.6. The van der Waals surface area contributed by atoms with Crippen molar-refractivity contribution in [1.82, 2.24) is 0 Å². The molecule has 2 aromatic carbocycles. The summed E-state index contributed by atoms with van der Waals surface area (Å²) in [5, 5.41) is 11.7. The number of benzene rings is 2. The number of ether oxygens (including phenoxy) is 6. The molecule has 2 atom stereocenters. The predicted octanol–water partition coefficient (Wildman–Crippen LogP) is 5.65. The van der Waals surface area contributed by atoms with Gasteiger partial charge < -0.3 is 38.2 Å².